The second kappa shape index (κ2) is 5.75. The molecule has 0 aliphatic rings. The Labute approximate surface area is 119 Å². The summed E-state index contributed by atoms with van der Waals surface area (Å²) in [6, 6.07) is 6.85. The highest BCUT2D eigenvalue weighted by Crippen LogP contribution is 2.33. The molecule has 1 heterocycles. The minimum Gasteiger partial charge on any atom is -0.345 e. The molecule has 0 aliphatic heterocycles. The first-order valence-corrected chi connectivity index (χ1v) is 6.85. The van der Waals surface area contributed by atoms with Crippen LogP contribution in [0.5, 0.6) is 0 Å². The summed E-state index contributed by atoms with van der Waals surface area (Å²) in [7, 11) is 0. The molecule has 0 fully saturated rings. The van der Waals surface area contributed by atoms with E-state index in [1.165, 1.54) is 12.1 Å². The van der Waals surface area contributed by atoms with Crippen LogP contribution in [0.4, 0.5) is 4.39 Å². The van der Waals surface area contributed by atoms with Gasteiger partial charge in [0.1, 0.15) is 11.6 Å². The average Bonchev–Trinajstić information content (AvgIpc) is 2.76. The van der Waals surface area contributed by atoms with Crippen LogP contribution in [0, 0.1) is 18.2 Å². The molecule has 0 amide bonds. The lowest BCUT2D eigenvalue weighted by Crippen LogP contribution is -2.32. The number of hydrogen-bond donors (Lipinski definition) is 2. The third-order valence-corrected chi connectivity index (χ3v) is 3.32. The van der Waals surface area contributed by atoms with Gasteiger partial charge >= 0.3 is 0 Å². The number of benzene rings is 1. The van der Waals surface area contributed by atoms with Crippen LogP contribution in [0.25, 0.3) is 0 Å². The zero-order valence-corrected chi connectivity index (χ0v) is 12.5. The summed E-state index contributed by atoms with van der Waals surface area (Å²) >= 11 is 0. The van der Waals surface area contributed by atoms with Crippen molar-refractivity contribution in [1.29, 1.82) is 0 Å². The normalized spacial score (nSPS) is 13.4. The summed E-state index contributed by atoms with van der Waals surface area (Å²) in [6.07, 6.45) is 1.84. The Morgan fingerprint density at radius 1 is 1.25 bits per heavy atom. The monoisotopic (exact) mass is 275 g/mol. The third-order valence-electron chi connectivity index (χ3n) is 3.32. The molecule has 0 bridgehead atoms. The van der Waals surface area contributed by atoms with Gasteiger partial charge < -0.3 is 10.3 Å². The van der Waals surface area contributed by atoms with E-state index in [1.807, 2.05) is 25.3 Å². The van der Waals surface area contributed by atoms with E-state index in [0.29, 0.717) is 6.54 Å². The highest BCUT2D eigenvalue weighted by molar-refractivity contribution is 5.22. The van der Waals surface area contributed by atoms with Crippen molar-refractivity contribution in [2.24, 2.45) is 5.41 Å². The fourth-order valence-corrected chi connectivity index (χ4v) is 2.35. The number of halogens is 1. The van der Waals surface area contributed by atoms with E-state index in [4.69, 9.17) is 0 Å². The number of H-pyrrole nitrogens is 1. The van der Waals surface area contributed by atoms with Crippen LogP contribution in [0.1, 0.15) is 43.9 Å². The lowest BCUT2D eigenvalue weighted by molar-refractivity contribution is 0.270. The Morgan fingerprint density at radius 2 is 1.90 bits per heavy atom. The Bertz CT molecular complexity index is 552. The molecule has 1 unspecified atom stereocenters. The Hall–Kier alpha value is -1.68. The molecule has 1 aromatic heterocycles. The van der Waals surface area contributed by atoms with Crippen LogP contribution in [-0.2, 0) is 6.54 Å². The molecule has 20 heavy (non-hydrogen) atoms. The summed E-state index contributed by atoms with van der Waals surface area (Å²) in [5.41, 5.74) is 2.18. The first kappa shape index (κ1) is 14.7. The van der Waals surface area contributed by atoms with Gasteiger partial charge in [-0.15, -0.1) is 0 Å². The number of imidazole rings is 1. The summed E-state index contributed by atoms with van der Waals surface area (Å²) in [5, 5.41) is 3.53. The molecular formula is C16H22FN3. The van der Waals surface area contributed by atoms with Gasteiger partial charge in [-0.3, -0.25) is 0 Å². The Morgan fingerprint density at radius 3 is 2.40 bits per heavy atom. The molecule has 0 saturated heterocycles. The van der Waals surface area contributed by atoms with E-state index < -0.39 is 0 Å². The number of rotatable bonds is 4. The molecular weight excluding hydrogens is 253 g/mol. The SMILES string of the molecule is Cc1ncc(CNC(c2ccc(F)cc2)C(C)(C)C)[nH]1. The summed E-state index contributed by atoms with van der Waals surface area (Å²) in [4.78, 5) is 7.41. The van der Waals surface area contributed by atoms with Gasteiger partial charge in [0.15, 0.2) is 0 Å². The van der Waals surface area contributed by atoms with Gasteiger partial charge in [-0.1, -0.05) is 32.9 Å². The van der Waals surface area contributed by atoms with E-state index in [1.54, 1.807) is 0 Å². The van der Waals surface area contributed by atoms with Gasteiger partial charge in [0.25, 0.3) is 0 Å². The number of aromatic nitrogens is 2. The molecule has 0 radical (unpaired) electrons. The second-order valence-electron chi connectivity index (χ2n) is 6.23. The molecule has 2 N–H and O–H groups in total. The van der Waals surface area contributed by atoms with Crippen LogP contribution in [0.15, 0.2) is 30.5 Å². The fraction of sp³-hybridized carbons (Fsp3) is 0.438. The van der Waals surface area contributed by atoms with E-state index in [9.17, 15) is 4.39 Å². The minimum atomic E-state index is -0.203. The smallest absolute Gasteiger partial charge is 0.123 e. The minimum absolute atomic E-state index is 0.0346. The molecule has 1 atom stereocenters. The summed E-state index contributed by atoms with van der Waals surface area (Å²) in [5.74, 6) is 0.710. The second-order valence-corrected chi connectivity index (χ2v) is 6.23. The first-order valence-electron chi connectivity index (χ1n) is 6.85. The summed E-state index contributed by atoms with van der Waals surface area (Å²) < 4.78 is 13.1. The van der Waals surface area contributed by atoms with Gasteiger partial charge in [-0.05, 0) is 30.0 Å². The van der Waals surface area contributed by atoms with Crippen molar-refractivity contribution in [3.8, 4) is 0 Å². The van der Waals surface area contributed by atoms with E-state index >= 15 is 0 Å². The largest absolute Gasteiger partial charge is 0.345 e. The number of nitrogens with zero attached hydrogens (tertiary/aromatic N) is 1. The van der Waals surface area contributed by atoms with E-state index in [-0.39, 0.29) is 17.3 Å². The van der Waals surface area contributed by atoms with Crippen molar-refractivity contribution in [2.45, 2.75) is 40.3 Å². The number of aryl methyl sites for hydroxylation is 1. The molecule has 108 valence electrons. The van der Waals surface area contributed by atoms with Crippen LogP contribution < -0.4 is 5.32 Å². The van der Waals surface area contributed by atoms with Gasteiger partial charge in [-0.25, -0.2) is 9.37 Å². The molecule has 2 aromatic rings. The predicted molar refractivity (Wildman–Crippen MR) is 78.8 cm³/mol. The quantitative estimate of drug-likeness (QED) is 0.892. The highest BCUT2D eigenvalue weighted by atomic mass is 19.1. The maximum absolute atomic E-state index is 13.1. The number of nitrogens with one attached hydrogen (secondary N) is 2. The molecule has 0 aliphatic carbocycles. The third kappa shape index (κ3) is 3.67. The summed E-state index contributed by atoms with van der Waals surface area (Å²) in [6.45, 7) is 9.16. The topological polar surface area (TPSA) is 40.7 Å². The van der Waals surface area contributed by atoms with Crippen molar-refractivity contribution < 1.29 is 4.39 Å². The molecule has 1 aromatic carbocycles. The lowest BCUT2D eigenvalue weighted by atomic mass is 9.82. The fourth-order valence-electron chi connectivity index (χ4n) is 2.35. The standard InChI is InChI=1S/C16H22FN3/c1-11-18-9-14(20-11)10-19-15(16(2,3)4)12-5-7-13(17)8-6-12/h5-9,15,19H,10H2,1-4H3,(H,18,20). The van der Waals surface area contributed by atoms with Crippen LogP contribution in [-0.4, -0.2) is 9.97 Å². The first-order chi connectivity index (χ1) is 9.36. The maximum atomic E-state index is 13.1. The maximum Gasteiger partial charge on any atom is 0.123 e. The van der Waals surface area contributed by atoms with Gasteiger partial charge in [-0.2, -0.15) is 0 Å². The zero-order chi connectivity index (χ0) is 14.8. The van der Waals surface area contributed by atoms with Crippen molar-refractivity contribution in [3.63, 3.8) is 0 Å². The number of aromatic amines is 1. The Kier molecular flexibility index (Phi) is 4.23. The van der Waals surface area contributed by atoms with Crippen molar-refractivity contribution >= 4 is 0 Å². The molecule has 0 saturated carbocycles. The van der Waals surface area contributed by atoms with E-state index in [0.717, 1.165) is 17.1 Å². The zero-order valence-electron chi connectivity index (χ0n) is 12.5. The molecule has 3 nitrogen and oxygen atoms in total. The molecule has 2 rings (SSSR count). The van der Waals surface area contributed by atoms with Crippen molar-refractivity contribution in [3.05, 3.63) is 53.4 Å². The number of hydrogen-bond acceptors (Lipinski definition) is 2. The van der Waals surface area contributed by atoms with Gasteiger partial charge in [0.05, 0.1) is 0 Å². The van der Waals surface area contributed by atoms with Crippen molar-refractivity contribution in [2.75, 3.05) is 0 Å². The molecule has 4 heteroatoms. The van der Waals surface area contributed by atoms with Crippen molar-refractivity contribution in [1.82, 2.24) is 15.3 Å². The Balaban J connectivity index is 2.14. The highest BCUT2D eigenvalue weighted by Gasteiger charge is 2.25. The lowest BCUT2D eigenvalue weighted by Gasteiger charge is -2.32. The van der Waals surface area contributed by atoms with Gasteiger partial charge in [0, 0.05) is 24.5 Å². The average molecular weight is 275 g/mol. The van der Waals surface area contributed by atoms with E-state index in [2.05, 4.69) is 36.1 Å². The predicted octanol–water partition coefficient (Wildman–Crippen LogP) is 3.73. The van der Waals surface area contributed by atoms with Crippen LogP contribution >= 0.6 is 0 Å². The molecule has 0 spiro atoms. The van der Waals surface area contributed by atoms with Crippen LogP contribution in [0.2, 0.25) is 0 Å². The van der Waals surface area contributed by atoms with Crippen LogP contribution in [0.3, 0.4) is 0 Å². The van der Waals surface area contributed by atoms with Gasteiger partial charge in [0.2, 0.25) is 0 Å².